The predicted molar refractivity (Wildman–Crippen MR) is 158 cm³/mol. The van der Waals surface area contributed by atoms with E-state index in [0.717, 1.165) is 57.9 Å². The van der Waals surface area contributed by atoms with Gasteiger partial charge in [0.15, 0.2) is 0 Å². The van der Waals surface area contributed by atoms with Crippen LogP contribution >= 0.6 is 11.5 Å². The fraction of sp³-hybridized carbons (Fsp3) is 0.700. The highest BCUT2D eigenvalue weighted by Crippen LogP contribution is 2.48. The van der Waals surface area contributed by atoms with Crippen molar-refractivity contribution < 1.29 is 9.59 Å². The summed E-state index contributed by atoms with van der Waals surface area (Å²) in [6.07, 6.45) is 9.38. The van der Waals surface area contributed by atoms with Gasteiger partial charge in [-0.15, -0.1) is 0 Å². The van der Waals surface area contributed by atoms with Crippen LogP contribution in [-0.2, 0) is 9.59 Å². The molecule has 3 aliphatic carbocycles. The maximum absolute atomic E-state index is 12.6. The van der Waals surface area contributed by atoms with Gasteiger partial charge in [-0.05, 0) is 80.1 Å². The first-order valence-corrected chi connectivity index (χ1v) is 15.1. The molecule has 3 saturated carbocycles. The minimum Gasteiger partial charge on any atom is -0.355 e. The standard InChI is InChI=1S/C17H28N2O2.C12H15N3S.CH4/c1-11-4-2-3-5-14(11)9-18-17(21)15-12-6-7-13(8-12)16(15)19-10-20;1-14-6-8-15(9-7-14)12-10-4-2-3-5-11(10)16-13-12;/h10-16H,2-9H2,1H3,(H,18,21)(H,19,20);2-5H,6-9H2,1H3;1H4/t11-,12?,13?,14+,15-,16+;;/m1../s1. The van der Waals surface area contributed by atoms with Gasteiger partial charge < -0.3 is 20.4 Å². The fourth-order valence-corrected chi connectivity index (χ4v) is 7.95. The van der Waals surface area contributed by atoms with Crippen LogP contribution in [0.15, 0.2) is 24.3 Å². The number of rotatable bonds is 6. The second-order valence-corrected chi connectivity index (χ2v) is 12.5. The van der Waals surface area contributed by atoms with Crippen molar-refractivity contribution in [2.45, 2.75) is 65.3 Å². The molecule has 2 aromatic rings. The zero-order valence-corrected chi connectivity index (χ0v) is 23.2. The number of nitrogens with one attached hydrogen (secondary N) is 2. The van der Waals surface area contributed by atoms with Crippen molar-refractivity contribution in [2.24, 2.45) is 29.6 Å². The van der Waals surface area contributed by atoms with E-state index in [-0.39, 0.29) is 25.3 Å². The number of amides is 2. The van der Waals surface area contributed by atoms with E-state index in [1.165, 1.54) is 48.0 Å². The summed E-state index contributed by atoms with van der Waals surface area (Å²) in [6.45, 7) is 7.57. The van der Waals surface area contributed by atoms with E-state index >= 15 is 0 Å². The number of likely N-dealkylation sites (N-methyl/N-ethyl adjacent to an activating group) is 1. The molecule has 210 valence electrons. The number of aromatic nitrogens is 1. The number of benzene rings is 1. The first-order chi connectivity index (χ1) is 18.0. The quantitative estimate of drug-likeness (QED) is 0.515. The highest BCUT2D eigenvalue weighted by atomic mass is 32.1. The summed E-state index contributed by atoms with van der Waals surface area (Å²) < 4.78 is 5.88. The Morgan fingerprint density at radius 3 is 2.58 bits per heavy atom. The predicted octanol–water partition coefficient (Wildman–Crippen LogP) is 4.77. The molecule has 1 aromatic carbocycles. The first kappa shape index (κ1) is 28.8. The first-order valence-electron chi connectivity index (χ1n) is 14.3. The molecule has 2 N–H and O–H groups in total. The van der Waals surface area contributed by atoms with Crippen LogP contribution < -0.4 is 15.5 Å². The summed E-state index contributed by atoms with van der Waals surface area (Å²) in [4.78, 5) is 28.2. The fourth-order valence-electron chi connectivity index (χ4n) is 7.15. The maximum atomic E-state index is 12.6. The Bertz CT molecular complexity index is 1050. The summed E-state index contributed by atoms with van der Waals surface area (Å²) in [7, 11) is 2.18. The van der Waals surface area contributed by atoms with Gasteiger partial charge in [-0.25, -0.2) is 0 Å². The molecule has 38 heavy (non-hydrogen) atoms. The van der Waals surface area contributed by atoms with Crippen LogP contribution in [0.1, 0.15) is 59.3 Å². The Morgan fingerprint density at radius 1 is 1.08 bits per heavy atom. The van der Waals surface area contributed by atoms with Gasteiger partial charge in [-0.2, -0.15) is 4.37 Å². The molecule has 0 radical (unpaired) electrons. The lowest BCUT2D eigenvalue weighted by molar-refractivity contribution is -0.128. The number of hydrogen-bond donors (Lipinski definition) is 2. The van der Waals surface area contributed by atoms with E-state index in [1.54, 1.807) is 11.5 Å². The van der Waals surface area contributed by atoms with E-state index in [2.05, 4.69) is 63.0 Å². The minimum absolute atomic E-state index is 0. The number of anilines is 1. The molecule has 1 aliphatic heterocycles. The molecule has 4 fully saturated rings. The van der Waals surface area contributed by atoms with Crippen LogP contribution in [0.4, 0.5) is 5.82 Å². The molecule has 8 heteroatoms. The number of piperazine rings is 1. The lowest BCUT2D eigenvalue weighted by atomic mass is 9.80. The lowest BCUT2D eigenvalue weighted by Gasteiger charge is -2.32. The highest BCUT2D eigenvalue weighted by Gasteiger charge is 2.50. The third-order valence-corrected chi connectivity index (χ3v) is 10.3. The van der Waals surface area contributed by atoms with Gasteiger partial charge in [0.05, 0.1) is 10.6 Å². The Balaban J connectivity index is 0.000000178. The molecule has 1 saturated heterocycles. The zero-order chi connectivity index (χ0) is 25.8. The Labute approximate surface area is 232 Å². The van der Waals surface area contributed by atoms with Gasteiger partial charge in [0.25, 0.3) is 0 Å². The molecular weight excluding hydrogens is 494 g/mol. The van der Waals surface area contributed by atoms with Crippen molar-refractivity contribution >= 4 is 39.8 Å². The number of fused-ring (bicyclic) bond motifs is 3. The molecule has 2 amide bonds. The van der Waals surface area contributed by atoms with Crippen LogP contribution in [-0.4, -0.2) is 67.4 Å². The molecule has 2 bridgehead atoms. The van der Waals surface area contributed by atoms with Crippen LogP contribution in [0.3, 0.4) is 0 Å². The third kappa shape index (κ3) is 6.33. The van der Waals surface area contributed by atoms with Gasteiger partial charge in [-0.1, -0.05) is 45.7 Å². The Kier molecular flexibility index (Phi) is 10.0. The summed E-state index contributed by atoms with van der Waals surface area (Å²) in [5, 5.41) is 7.42. The van der Waals surface area contributed by atoms with Gasteiger partial charge in [0, 0.05) is 44.2 Å². The van der Waals surface area contributed by atoms with E-state index < -0.39 is 0 Å². The topological polar surface area (TPSA) is 77.6 Å². The Morgan fingerprint density at radius 2 is 1.82 bits per heavy atom. The van der Waals surface area contributed by atoms with Crippen LogP contribution in [0.25, 0.3) is 10.1 Å². The average molecular weight is 542 g/mol. The van der Waals surface area contributed by atoms with Crippen LogP contribution in [0, 0.1) is 29.6 Å². The van der Waals surface area contributed by atoms with Gasteiger partial charge >= 0.3 is 0 Å². The van der Waals surface area contributed by atoms with E-state index in [1.807, 2.05) is 0 Å². The van der Waals surface area contributed by atoms with Crippen molar-refractivity contribution in [1.29, 1.82) is 0 Å². The highest BCUT2D eigenvalue weighted by molar-refractivity contribution is 7.13. The van der Waals surface area contributed by atoms with Crippen LogP contribution in [0.5, 0.6) is 0 Å². The Hall–Kier alpha value is -2.19. The number of carbonyl (C=O) groups excluding carboxylic acids is 2. The van der Waals surface area contributed by atoms with E-state index in [0.29, 0.717) is 17.8 Å². The molecule has 4 aliphatic rings. The smallest absolute Gasteiger partial charge is 0.225 e. The molecule has 2 heterocycles. The van der Waals surface area contributed by atoms with E-state index in [9.17, 15) is 9.59 Å². The van der Waals surface area contributed by atoms with Gasteiger partial charge in [0.2, 0.25) is 12.3 Å². The molecule has 1 aromatic heterocycles. The zero-order valence-electron chi connectivity index (χ0n) is 22.4. The average Bonchev–Trinajstić information content (AvgIpc) is 3.64. The largest absolute Gasteiger partial charge is 0.355 e. The van der Waals surface area contributed by atoms with Crippen LogP contribution in [0.2, 0.25) is 0 Å². The molecule has 6 atom stereocenters. The van der Waals surface area contributed by atoms with Gasteiger partial charge in [0.1, 0.15) is 5.82 Å². The van der Waals surface area contributed by atoms with Crippen molar-refractivity contribution in [3.05, 3.63) is 24.3 Å². The summed E-state index contributed by atoms with van der Waals surface area (Å²) in [6, 6.07) is 8.56. The van der Waals surface area contributed by atoms with Crippen molar-refractivity contribution in [1.82, 2.24) is 19.9 Å². The second-order valence-electron chi connectivity index (χ2n) is 11.7. The van der Waals surface area contributed by atoms with E-state index in [4.69, 9.17) is 0 Å². The molecule has 2 unspecified atom stereocenters. The normalized spacial score (nSPS) is 30.7. The van der Waals surface area contributed by atoms with Crippen molar-refractivity contribution in [3.63, 3.8) is 0 Å². The third-order valence-electron chi connectivity index (χ3n) is 9.47. The number of carbonyl (C=O) groups is 2. The van der Waals surface area contributed by atoms with Crippen molar-refractivity contribution in [2.75, 3.05) is 44.7 Å². The summed E-state index contributed by atoms with van der Waals surface area (Å²) in [5.41, 5.74) is 0. The molecular formula is C30H47N5O2S. The minimum atomic E-state index is 0. The number of nitrogens with zero attached hydrogens (tertiary/aromatic N) is 3. The summed E-state index contributed by atoms with van der Waals surface area (Å²) in [5.74, 6) is 3.73. The maximum Gasteiger partial charge on any atom is 0.225 e. The number of hydrogen-bond acceptors (Lipinski definition) is 6. The SMILES string of the molecule is C.CN1CCN(c2nsc3ccccc23)CC1.C[C@@H]1CCCC[C@H]1CNC(=O)[C@@H]1C2CCC(C2)[C@@H]1NC=O. The molecule has 0 spiro atoms. The molecule has 6 rings (SSSR count). The van der Waals surface area contributed by atoms with Crippen molar-refractivity contribution in [3.8, 4) is 0 Å². The summed E-state index contributed by atoms with van der Waals surface area (Å²) >= 11 is 1.60. The molecule has 7 nitrogen and oxygen atoms in total. The second kappa shape index (κ2) is 13.2. The van der Waals surface area contributed by atoms with Gasteiger partial charge in [-0.3, -0.25) is 9.59 Å². The monoisotopic (exact) mass is 541 g/mol. The lowest BCUT2D eigenvalue weighted by Crippen LogP contribution is -2.48.